The maximum atomic E-state index is 12.8. The summed E-state index contributed by atoms with van der Waals surface area (Å²) in [4.78, 5) is 0. The first-order valence-corrected chi connectivity index (χ1v) is 5.28. The van der Waals surface area contributed by atoms with Crippen molar-refractivity contribution < 1.29 is 79.7 Å². The number of halogens is 16. The van der Waals surface area contributed by atoms with Crippen molar-refractivity contribution in [3.8, 4) is 0 Å². The fourth-order valence-corrected chi connectivity index (χ4v) is 0.925. The molecule has 26 heavy (non-hydrogen) atoms. The minimum Gasteiger partial charge on any atom is -0.246 e. The van der Waals surface area contributed by atoms with Gasteiger partial charge in [-0.15, -0.1) is 0 Å². The Morgan fingerprint density at radius 3 is 0.769 bits per heavy atom. The van der Waals surface area contributed by atoms with Crippen molar-refractivity contribution in [1.82, 2.24) is 0 Å². The van der Waals surface area contributed by atoms with E-state index in [1.807, 2.05) is 0 Å². The van der Waals surface area contributed by atoms with Crippen molar-refractivity contribution in [1.29, 1.82) is 0 Å². The van der Waals surface area contributed by atoms with Gasteiger partial charge in [0.1, 0.15) is 0 Å². The van der Waals surface area contributed by atoms with E-state index in [1.165, 1.54) is 9.47 Å². The predicted molar refractivity (Wildman–Crippen MR) is 43.9 cm³/mol. The Labute approximate surface area is 130 Å². The highest BCUT2D eigenvalue weighted by Crippen LogP contribution is 2.55. The van der Waals surface area contributed by atoms with Gasteiger partial charge in [-0.25, -0.2) is 27.0 Å². The molecule has 0 fully saturated rings. The van der Waals surface area contributed by atoms with Gasteiger partial charge in [0, 0.05) is 0 Å². The van der Waals surface area contributed by atoms with E-state index in [1.54, 1.807) is 0 Å². The summed E-state index contributed by atoms with van der Waals surface area (Å²) < 4.78 is 200. The van der Waals surface area contributed by atoms with E-state index in [0.717, 1.165) is 0 Å². The lowest BCUT2D eigenvalue weighted by Gasteiger charge is -2.37. The Hall–Kier alpha value is -1.20. The summed E-state index contributed by atoms with van der Waals surface area (Å²) in [6.45, 7) is 0. The highest BCUT2D eigenvalue weighted by atomic mass is 19.4. The van der Waals surface area contributed by atoms with Crippen molar-refractivity contribution in [3.05, 3.63) is 0 Å². The van der Waals surface area contributed by atoms with Gasteiger partial charge in [0.05, 0.1) is 0 Å². The maximum Gasteiger partial charge on any atom is 0.430 e. The van der Waals surface area contributed by atoms with Crippen LogP contribution in [0.1, 0.15) is 0 Å². The average Bonchev–Trinajstić information content (AvgIpc) is 2.34. The highest BCUT2D eigenvalue weighted by molar-refractivity contribution is 4.98. The molecule has 0 atom stereocenters. The number of hydrogen-bond acceptors (Lipinski definition) is 2. The molecule has 0 unspecified atom stereocenters. The highest BCUT2D eigenvalue weighted by Gasteiger charge is 2.85. The van der Waals surface area contributed by atoms with E-state index in [2.05, 4.69) is 0 Å². The molecule has 0 aromatic rings. The largest absolute Gasteiger partial charge is 0.430 e. The molecule has 0 saturated carbocycles. The third-order valence-electron chi connectivity index (χ3n) is 2.16. The summed E-state index contributed by atoms with van der Waals surface area (Å²) >= 11 is 0. The van der Waals surface area contributed by atoms with Crippen LogP contribution in [0, 0.1) is 0 Å². The Bertz CT molecular complexity index is 441. The van der Waals surface area contributed by atoms with Gasteiger partial charge in [-0.2, -0.15) is 52.7 Å². The normalized spacial score (nSPS) is 15.9. The van der Waals surface area contributed by atoms with E-state index in [9.17, 15) is 70.2 Å². The smallest absolute Gasteiger partial charge is 0.246 e. The first kappa shape index (κ1) is 24.8. The molecular weight excluding hydrogens is 432 g/mol. The van der Waals surface area contributed by atoms with Gasteiger partial charge in [-0.3, -0.25) is 0 Å². The van der Waals surface area contributed by atoms with Crippen molar-refractivity contribution in [2.45, 2.75) is 49.1 Å². The van der Waals surface area contributed by atoms with E-state index < -0.39 is 49.1 Å². The zero-order chi connectivity index (χ0) is 21.6. The first-order chi connectivity index (χ1) is 11.1. The number of rotatable bonds is 9. The van der Waals surface area contributed by atoms with Crippen molar-refractivity contribution in [3.63, 3.8) is 0 Å². The Kier molecular flexibility index (Phi) is 6.44. The second kappa shape index (κ2) is 6.75. The molecule has 0 bridgehead atoms. The first-order valence-electron chi connectivity index (χ1n) is 5.28. The van der Waals surface area contributed by atoms with E-state index in [-0.39, 0.29) is 0 Å². The quantitative estimate of drug-likeness (QED) is 0.466. The van der Waals surface area contributed by atoms with Gasteiger partial charge in [-0.1, -0.05) is 0 Å². The van der Waals surface area contributed by atoms with E-state index >= 15 is 0 Å². The Morgan fingerprint density at radius 2 is 0.615 bits per heavy atom. The Balaban J connectivity index is 5.92. The van der Waals surface area contributed by atoms with Gasteiger partial charge in [0.25, 0.3) is 0 Å². The molecule has 0 aliphatic carbocycles. The summed E-state index contributed by atoms with van der Waals surface area (Å²) in [7, 11) is 0. The summed E-state index contributed by atoms with van der Waals surface area (Å²) in [5.74, 6) is -15.9. The minimum atomic E-state index is -7.93. The van der Waals surface area contributed by atoms with Crippen LogP contribution in [-0.2, 0) is 9.47 Å². The lowest BCUT2D eigenvalue weighted by atomic mass is 10.1. The van der Waals surface area contributed by atoms with Crippen molar-refractivity contribution >= 4 is 0 Å². The van der Waals surface area contributed by atoms with E-state index in [0.29, 0.717) is 0 Å². The third kappa shape index (κ3) is 4.37. The van der Waals surface area contributed by atoms with Crippen molar-refractivity contribution in [2.24, 2.45) is 0 Å². The Morgan fingerprint density at radius 1 is 0.423 bits per heavy atom. The van der Waals surface area contributed by atoms with Crippen LogP contribution >= 0.6 is 0 Å². The fraction of sp³-hybridized carbons (Fsp3) is 1.00. The van der Waals surface area contributed by atoms with Gasteiger partial charge < -0.3 is 0 Å². The molecule has 158 valence electrons. The van der Waals surface area contributed by atoms with Gasteiger partial charge in [-0.05, 0) is 0 Å². The average molecular weight is 434 g/mol. The standard InChI is InChI=1S/C8H2F16O2/c9-1(10)3(13,14)25-7(21,22)5(17,18)6(19,20)8(23,24)26-4(15,16)2(11)12/h1-2H. The molecule has 0 aliphatic rings. The molecule has 0 rings (SSSR count). The summed E-state index contributed by atoms with van der Waals surface area (Å²) in [5, 5.41) is 0. The molecule has 0 N–H and O–H groups in total. The lowest BCUT2D eigenvalue weighted by molar-refractivity contribution is -0.520. The van der Waals surface area contributed by atoms with Crippen LogP contribution in [0.2, 0.25) is 0 Å². The molecule has 2 nitrogen and oxygen atoms in total. The zero-order valence-corrected chi connectivity index (χ0v) is 11.0. The molecule has 0 spiro atoms. The van der Waals surface area contributed by atoms with Gasteiger partial charge in [0.15, 0.2) is 0 Å². The topological polar surface area (TPSA) is 18.5 Å². The number of ether oxygens (including phenoxy) is 2. The molecule has 0 aromatic heterocycles. The summed E-state index contributed by atoms with van der Waals surface area (Å²) in [6.07, 6.45) is -39.0. The molecule has 0 heterocycles. The predicted octanol–water partition coefficient (Wildman–Crippen LogP) is 5.19. The van der Waals surface area contributed by atoms with Crippen LogP contribution < -0.4 is 0 Å². The monoisotopic (exact) mass is 434 g/mol. The molecular formula is C8H2F16O2. The maximum absolute atomic E-state index is 12.8. The third-order valence-corrected chi connectivity index (χ3v) is 2.16. The van der Waals surface area contributed by atoms with Crippen LogP contribution in [0.25, 0.3) is 0 Å². The second-order valence-corrected chi connectivity index (χ2v) is 4.11. The molecule has 18 heteroatoms. The van der Waals surface area contributed by atoms with Crippen molar-refractivity contribution in [2.75, 3.05) is 0 Å². The second-order valence-electron chi connectivity index (χ2n) is 4.11. The molecule has 0 aliphatic heterocycles. The SMILES string of the molecule is FC(F)C(F)(F)OC(F)(F)C(F)(F)C(F)(F)C(F)(F)OC(F)(F)C(F)F. The molecule has 0 amide bonds. The van der Waals surface area contributed by atoms with E-state index in [4.69, 9.17) is 0 Å². The number of alkyl halides is 16. The van der Waals surface area contributed by atoms with Gasteiger partial charge >= 0.3 is 49.1 Å². The lowest BCUT2D eigenvalue weighted by Crippen LogP contribution is -2.66. The summed E-state index contributed by atoms with van der Waals surface area (Å²) in [6, 6.07) is 0. The molecule has 0 saturated heterocycles. The molecule has 0 radical (unpaired) electrons. The van der Waals surface area contributed by atoms with Crippen LogP contribution in [-0.4, -0.2) is 49.1 Å². The fourth-order valence-electron chi connectivity index (χ4n) is 0.925. The van der Waals surface area contributed by atoms with Gasteiger partial charge in [0.2, 0.25) is 0 Å². The van der Waals surface area contributed by atoms with Crippen LogP contribution in [0.4, 0.5) is 70.2 Å². The summed E-state index contributed by atoms with van der Waals surface area (Å²) in [5.41, 5.74) is 0. The van der Waals surface area contributed by atoms with Crippen LogP contribution in [0.3, 0.4) is 0 Å². The van der Waals surface area contributed by atoms with Crippen LogP contribution in [0.15, 0.2) is 0 Å². The molecule has 0 aromatic carbocycles. The zero-order valence-electron chi connectivity index (χ0n) is 11.0. The number of hydrogen-bond donors (Lipinski definition) is 0. The minimum absolute atomic E-state index is 1.44. The van der Waals surface area contributed by atoms with Crippen LogP contribution in [0.5, 0.6) is 0 Å².